The van der Waals surface area contributed by atoms with Crippen LogP contribution in [0.3, 0.4) is 0 Å². The van der Waals surface area contributed by atoms with Gasteiger partial charge >= 0.3 is 0 Å². The fraction of sp³-hybridized carbons (Fsp3) is 0.556. The van der Waals surface area contributed by atoms with Crippen molar-refractivity contribution in [2.24, 2.45) is 5.41 Å². The third-order valence-electron chi connectivity index (χ3n) is 2.70. The van der Waals surface area contributed by atoms with Crippen LogP contribution in [0.15, 0.2) is 23.3 Å². The van der Waals surface area contributed by atoms with Crippen molar-refractivity contribution in [2.45, 2.75) is 26.7 Å². The Bertz CT molecular complexity index is 208. The standard InChI is InChI=1S/C9H12/c1-3-7-4-5-8-6-9(7,8)2/h4-5H,3,6H2,1-2H3. The quantitative estimate of drug-likeness (QED) is 0.499. The van der Waals surface area contributed by atoms with Crippen molar-refractivity contribution >= 4 is 0 Å². The van der Waals surface area contributed by atoms with Gasteiger partial charge in [0.15, 0.2) is 0 Å². The summed E-state index contributed by atoms with van der Waals surface area (Å²) in [6, 6.07) is 0. The molecule has 0 nitrogen and oxygen atoms in total. The summed E-state index contributed by atoms with van der Waals surface area (Å²) < 4.78 is 0. The summed E-state index contributed by atoms with van der Waals surface area (Å²) in [5.74, 6) is 0. The second kappa shape index (κ2) is 1.31. The van der Waals surface area contributed by atoms with E-state index in [1.165, 1.54) is 12.8 Å². The SMILES string of the molecule is CCC1=CC=C2CC12C. The lowest BCUT2D eigenvalue weighted by molar-refractivity contribution is 0.697. The van der Waals surface area contributed by atoms with Crippen molar-refractivity contribution in [2.75, 3.05) is 0 Å². The van der Waals surface area contributed by atoms with Gasteiger partial charge in [-0.15, -0.1) is 0 Å². The lowest BCUT2D eigenvalue weighted by Crippen LogP contribution is -1.94. The van der Waals surface area contributed by atoms with Crippen LogP contribution in [0, 0.1) is 5.41 Å². The first-order valence-electron chi connectivity index (χ1n) is 3.68. The number of fused-ring (bicyclic) bond motifs is 1. The van der Waals surface area contributed by atoms with E-state index in [9.17, 15) is 0 Å². The number of allylic oxidation sites excluding steroid dienone is 4. The largest absolute Gasteiger partial charge is 0.0622 e. The molecule has 0 amide bonds. The van der Waals surface area contributed by atoms with Gasteiger partial charge in [-0.1, -0.05) is 37.1 Å². The summed E-state index contributed by atoms with van der Waals surface area (Å²) in [5.41, 5.74) is 3.84. The molecule has 0 aliphatic heterocycles. The highest BCUT2D eigenvalue weighted by atomic mass is 14.5. The maximum absolute atomic E-state index is 2.35. The highest BCUT2D eigenvalue weighted by Gasteiger charge is 2.48. The van der Waals surface area contributed by atoms with E-state index in [0.717, 1.165) is 0 Å². The monoisotopic (exact) mass is 120 g/mol. The first-order chi connectivity index (χ1) is 4.27. The van der Waals surface area contributed by atoms with Gasteiger partial charge in [-0.25, -0.2) is 0 Å². The van der Waals surface area contributed by atoms with Gasteiger partial charge in [0.1, 0.15) is 0 Å². The second-order valence-corrected chi connectivity index (χ2v) is 3.25. The third kappa shape index (κ3) is 0.487. The highest BCUT2D eigenvalue weighted by Crippen LogP contribution is 2.60. The van der Waals surface area contributed by atoms with E-state index in [1.807, 2.05) is 0 Å². The smallest absolute Gasteiger partial charge is 0.0136 e. The zero-order chi connectivity index (χ0) is 6.48. The van der Waals surface area contributed by atoms with Crippen LogP contribution < -0.4 is 0 Å². The van der Waals surface area contributed by atoms with Gasteiger partial charge in [-0.3, -0.25) is 0 Å². The lowest BCUT2D eigenvalue weighted by atomic mass is 9.98. The number of hydrogen-bond donors (Lipinski definition) is 0. The molecule has 1 atom stereocenters. The van der Waals surface area contributed by atoms with Crippen LogP contribution in [-0.2, 0) is 0 Å². The average molecular weight is 120 g/mol. The minimum atomic E-state index is 0.550. The fourth-order valence-corrected chi connectivity index (χ4v) is 1.79. The molecule has 0 aromatic carbocycles. The van der Waals surface area contributed by atoms with Crippen molar-refractivity contribution in [3.8, 4) is 0 Å². The molecular weight excluding hydrogens is 108 g/mol. The van der Waals surface area contributed by atoms with Crippen LogP contribution in [0.4, 0.5) is 0 Å². The van der Waals surface area contributed by atoms with E-state index >= 15 is 0 Å². The summed E-state index contributed by atoms with van der Waals surface area (Å²) in [7, 11) is 0. The molecule has 1 saturated carbocycles. The van der Waals surface area contributed by atoms with Gasteiger partial charge in [-0.05, 0) is 12.8 Å². The summed E-state index contributed by atoms with van der Waals surface area (Å²) in [5, 5.41) is 0. The van der Waals surface area contributed by atoms with Crippen LogP contribution in [0.1, 0.15) is 26.7 Å². The van der Waals surface area contributed by atoms with Crippen LogP contribution in [0.25, 0.3) is 0 Å². The Labute approximate surface area is 56.3 Å². The van der Waals surface area contributed by atoms with Crippen LogP contribution in [-0.4, -0.2) is 0 Å². The Morgan fingerprint density at radius 3 is 2.56 bits per heavy atom. The molecule has 1 unspecified atom stereocenters. The minimum absolute atomic E-state index is 0.550. The van der Waals surface area contributed by atoms with Crippen molar-refractivity contribution in [1.82, 2.24) is 0 Å². The molecule has 0 N–H and O–H groups in total. The predicted molar refractivity (Wildman–Crippen MR) is 39.2 cm³/mol. The normalized spacial score (nSPS) is 37.6. The average Bonchev–Trinajstić information content (AvgIpc) is 2.38. The number of hydrogen-bond acceptors (Lipinski definition) is 0. The van der Waals surface area contributed by atoms with Gasteiger partial charge in [-0.2, -0.15) is 0 Å². The molecule has 2 rings (SSSR count). The van der Waals surface area contributed by atoms with Crippen LogP contribution in [0.2, 0.25) is 0 Å². The Balaban J connectivity index is 2.31. The van der Waals surface area contributed by atoms with E-state index in [-0.39, 0.29) is 0 Å². The maximum atomic E-state index is 2.35. The van der Waals surface area contributed by atoms with Crippen LogP contribution >= 0.6 is 0 Å². The Hall–Kier alpha value is -0.520. The molecule has 0 bridgehead atoms. The first-order valence-corrected chi connectivity index (χ1v) is 3.68. The molecule has 0 saturated heterocycles. The lowest BCUT2D eigenvalue weighted by Gasteiger charge is -2.06. The Morgan fingerprint density at radius 1 is 1.56 bits per heavy atom. The molecule has 48 valence electrons. The molecule has 0 radical (unpaired) electrons. The highest BCUT2D eigenvalue weighted by molar-refractivity contribution is 5.51. The van der Waals surface area contributed by atoms with Gasteiger partial charge < -0.3 is 0 Å². The first kappa shape index (κ1) is 5.28. The zero-order valence-corrected chi connectivity index (χ0v) is 6.07. The summed E-state index contributed by atoms with van der Waals surface area (Å²) >= 11 is 0. The number of rotatable bonds is 1. The van der Waals surface area contributed by atoms with Crippen molar-refractivity contribution in [1.29, 1.82) is 0 Å². The van der Waals surface area contributed by atoms with Crippen molar-refractivity contribution in [3.05, 3.63) is 23.3 Å². The van der Waals surface area contributed by atoms with Gasteiger partial charge in [0.05, 0.1) is 0 Å². The molecule has 0 heterocycles. The summed E-state index contributed by atoms with van der Waals surface area (Å²) in [6.07, 6.45) is 7.15. The van der Waals surface area contributed by atoms with Crippen LogP contribution in [0.5, 0.6) is 0 Å². The second-order valence-electron chi connectivity index (χ2n) is 3.25. The molecule has 1 fully saturated rings. The fourth-order valence-electron chi connectivity index (χ4n) is 1.79. The summed E-state index contributed by atoms with van der Waals surface area (Å²) in [6.45, 7) is 4.59. The van der Waals surface area contributed by atoms with E-state index in [2.05, 4.69) is 26.0 Å². The topological polar surface area (TPSA) is 0 Å². The van der Waals surface area contributed by atoms with Gasteiger partial charge in [0.2, 0.25) is 0 Å². The van der Waals surface area contributed by atoms with Crippen molar-refractivity contribution in [3.63, 3.8) is 0 Å². The van der Waals surface area contributed by atoms with E-state index in [1.54, 1.807) is 11.1 Å². The predicted octanol–water partition coefficient (Wildman–Crippen LogP) is 2.67. The molecule has 2 aliphatic carbocycles. The van der Waals surface area contributed by atoms with Crippen molar-refractivity contribution < 1.29 is 0 Å². The molecule has 0 spiro atoms. The third-order valence-corrected chi connectivity index (χ3v) is 2.70. The summed E-state index contributed by atoms with van der Waals surface area (Å²) in [4.78, 5) is 0. The van der Waals surface area contributed by atoms with E-state index in [4.69, 9.17) is 0 Å². The maximum Gasteiger partial charge on any atom is 0.0136 e. The van der Waals surface area contributed by atoms with Gasteiger partial charge in [0.25, 0.3) is 0 Å². The molecule has 0 aromatic heterocycles. The molecule has 2 aliphatic rings. The minimum Gasteiger partial charge on any atom is -0.0622 e. The Kier molecular flexibility index (Phi) is 0.769. The molecule has 9 heavy (non-hydrogen) atoms. The van der Waals surface area contributed by atoms with E-state index in [0.29, 0.717) is 5.41 Å². The van der Waals surface area contributed by atoms with E-state index < -0.39 is 0 Å². The Morgan fingerprint density at radius 2 is 2.33 bits per heavy atom. The van der Waals surface area contributed by atoms with Gasteiger partial charge in [0, 0.05) is 5.41 Å². The molecular formula is C9H12. The molecule has 0 heteroatoms. The zero-order valence-electron chi connectivity index (χ0n) is 6.07. The molecule has 0 aromatic rings.